The lowest BCUT2D eigenvalue weighted by Crippen LogP contribution is -1.99. The zero-order chi connectivity index (χ0) is 11.1. The molecule has 2 heterocycles. The van der Waals surface area contributed by atoms with Gasteiger partial charge in [0, 0.05) is 18.2 Å². The van der Waals surface area contributed by atoms with Crippen molar-refractivity contribution < 1.29 is 0 Å². The molecule has 16 heavy (non-hydrogen) atoms. The second-order valence-corrected chi connectivity index (χ2v) is 4.55. The molecule has 2 aromatic rings. The zero-order valence-corrected chi connectivity index (χ0v) is 9.78. The Bertz CT molecular complexity index is 533. The van der Waals surface area contributed by atoms with Gasteiger partial charge in [-0.1, -0.05) is 23.2 Å². The lowest BCUT2D eigenvalue weighted by molar-refractivity contribution is 0.825. The monoisotopic (exact) mass is 254 g/mol. The van der Waals surface area contributed by atoms with Gasteiger partial charge in [0.25, 0.3) is 0 Å². The molecule has 0 aromatic carbocycles. The van der Waals surface area contributed by atoms with Crippen molar-refractivity contribution in [2.24, 2.45) is 0 Å². The van der Waals surface area contributed by atoms with Crippen molar-refractivity contribution in [2.45, 2.75) is 18.8 Å². The Hall–Kier alpha value is -1.13. The smallest absolute Gasteiger partial charge is 0.177 e. The highest BCUT2D eigenvalue weighted by Crippen LogP contribution is 2.39. The molecular formula is C10H8Cl2N4. The minimum absolute atomic E-state index is 0.301. The van der Waals surface area contributed by atoms with Gasteiger partial charge in [-0.2, -0.15) is 5.10 Å². The van der Waals surface area contributed by atoms with E-state index >= 15 is 0 Å². The first kappa shape index (κ1) is 10.1. The molecule has 3 rings (SSSR count). The van der Waals surface area contributed by atoms with Crippen LogP contribution >= 0.6 is 23.2 Å². The van der Waals surface area contributed by atoms with Gasteiger partial charge in [-0.3, -0.25) is 0 Å². The molecular weight excluding hydrogens is 247 g/mol. The Kier molecular flexibility index (Phi) is 2.33. The minimum Gasteiger partial charge on any atom is -0.237 e. The van der Waals surface area contributed by atoms with E-state index < -0.39 is 0 Å². The molecule has 1 fully saturated rings. The van der Waals surface area contributed by atoms with Crippen molar-refractivity contribution in [3.8, 4) is 5.69 Å². The average molecular weight is 255 g/mol. The minimum atomic E-state index is 0.301. The first-order valence-corrected chi connectivity index (χ1v) is 5.74. The SMILES string of the molecule is Clc1cc(-n2ccc(C3CC3)n2)c(Cl)nn1. The number of rotatable bonds is 2. The first-order chi connectivity index (χ1) is 7.74. The van der Waals surface area contributed by atoms with Crippen LogP contribution < -0.4 is 0 Å². The van der Waals surface area contributed by atoms with Gasteiger partial charge in [-0.05, 0) is 18.9 Å². The van der Waals surface area contributed by atoms with Crippen molar-refractivity contribution in [2.75, 3.05) is 0 Å². The van der Waals surface area contributed by atoms with Gasteiger partial charge in [0.05, 0.1) is 5.69 Å². The second-order valence-electron chi connectivity index (χ2n) is 3.80. The normalized spacial score (nSPS) is 15.4. The van der Waals surface area contributed by atoms with Crippen LogP contribution in [0, 0.1) is 0 Å². The van der Waals surface area contributed by atoms with E-state index in [1.807, 2.05) is 12.3 Å². The number of aromatic nitrogens is 4. The lowest BCUT2D eigenvalue weighted by atomic mass is 10.3. The standard InChI is InChI=1S/C10H8Cl2N4/c11-9-5-8(10(12)14-13-9)16-4-3-7(15-16)6-1-2-6/h3-6H,1-2H2. The quantitative estimate of drug-likeness (QED) is 0.828. The van der Waals surface area contributed by atoms with E-state index in [0.29, 0.717) is 21.9 Å². The molecule has 82 valence electrons. The fourth-order valence-corrected chi connectivity index (χ4v) is 1.89. The van der Waals surface area contributed by atoms with Gasteiger partial charge in [0.2, 0.25) is 0 Å². The topological polar surface area (TPSA) is 43.6 Å². The molecule has 1 saturated carbocycles. The molecule has 0 saturated heterocycles. The van der Waals surface area contributed by atoms with Crippen LogP contribution in [0.2, 0.25) is 10.3 Å². The molecule has 1 aliphatic rings. The Morgan fingerprint density at radius 2 is 2.06 bits per heavy atom. The van der Waals surface area contributed by atoms with E-state index in [-0.39, 0.29) is 0 Å². The number of hydrogen-bond acceptors (Lipinski definition) is 3. The van der Waals surface area contributed by atoms with Crippen molar-refractivity contribution in [1.29, 1.82) is 0 Å². The first-order valence-electron chi connectivity index (χ1n) is 4.99. The van der Waals surface area contributed by atoms with Crippen LogP contribution in [-0.4, -0.2) is 20.0 Å². The molecule has 0 unspecified atom stereocenters. The fourth-order valence-electron chi connectivity index (χ4n) is 1.57. The summed E-state index contributed by atoms with van der Waals surface area (Å²) in [6.07, 6.45) is 4.31. The lowest BCUT2D eigenvalue weighted by Gasteiger charge is -2.02. The summed E-state index contributed by atoms with van der Waals surface area (Å²) in [5.41, 5.74) is 1.76. The second kappa shape index (κ2) is 3.71. The van der Waals surface area contributed by atoms with Crippen LogP contribution in [0.3, 0.4) is 0 Å². The summed E-state index contributed by atoms with van der Waals surface area (Å²) >= 11 is 11.7. The average Bonchev–Trinajstić information content (AvgIpc) is 3.01. The van der Waals surface area contributed by atoms with Crippen LogP contribution in [0.1, 0.15) is 24.5 Å². The molecule has 0 amide bonds. The van der Waals surface area contributed by atoms with Gasteiger partial charge in [-0.25, -0.2) is 4.68 Å². The number of hydrogen-bond donors (Lipinski definition) is 0. The maximum Gasteiger partial charge on any atom is 0.177 e. The molecule has 0 bridgehead atoms. The Balaban J connectivity index is 2.03. The van der Waals surface area contributed by atoms with Crippen molar-refractivity contribution in [1.82, 2.24) is 20.0 Å². The van der Waals surface area contributed by atoms with E-state index in [2.05, 4.69) is 15.3 Å². The maximum absolute atomic E-state index is 5.94. The summed E-state index contributed by atoms with van der Waals surface area (Å²) in [4.78, 5) is 0. The van der Waals surface area contributed by atoms with Crippen LogP contribution in [0.4, 0.5) is 0 Å². The van der Waals surface area contributed by atoms with Crippen molar-refractivity contribution in [3.05, 3.63) is 34.3 Å². The van der Waals surface area contributed by atoms with Crippen LogP contribution in [0.5, 0.6) is 0 Å². The Labute approximate surface area is 102 Å². The molecule has 0 radical (unpaired) electrons. The summed E-state index contributed by atoms with van der Waals surface area (Å²) in [7, 11) is 0. The molecule has 6 heteroatoms. The molecule has 0 N–H and O–H groups in total. The Morgan fingerprint density at radius 3 is 2.81 bits per heavy atom. The summed E-state index contributed by atoms with van der Waals surface area (Å²) < 4.78 is 1.69. The van der Waals surface area contributed by atoms with Crippen molar-refractivity contribution in [3.63, 3.8) is 0 Å². The summed E-state index contributed by atoms with van der Waals surface area (Å²) in [6, 6.07) is 3.66. The van der Waals surface area contributed by atoms with Gasteiger partial charge in [0.15, 0.2) is 10.3 Å². The zero-order valence-electron chi connectivity index (χ0n) is 8.27. The summed E-state index contributed by atoms with van der Waals surface area (Å²) in [5, 5.41) is 12.5. The predicted octanol–water partition coefficient (Wildman–Crippen LogP) is 2.85. The molecule has 0 spiro atoms. The van der Waals surface area contributed by atoms with E-state index in [1.165, 1.54) is 12.8 Å². The third-order valence-corrected chi connectivity index (χ3v) is 3.01. The van der Waals surface area contributed by atoms with Crippen molar-refractivity contribution >= 4 is 23.2 Å². The molecule has 1 aliphatic carbocycles. The largest absolute Gasteiger partial charge is 0.237 e. The van der Waals surface area contributed by atoms with E-state index in [4.69, 9.17) is 23.2 Å². The molecule has 2 aromatic heterocycles. The summed E-state index contributed by atoms with van der Waals surface area (Å²) in [5.74, 6) is 0.616. The molecule has 0 aliphatic heterocycles. The van der Waals surface area contributed by atoms with Crippen LogP contribution in [0.15, 0.2) is 18.3 Å². The van der Waals surface area contributed by atoms with E-state index in [0.717, 1.165) is 5.69 Å². The van der Waals surface area contributed by atoms with Gasteiger partial charge < -0.3 is 0 Å². The molecule has 4 nitrogen and oxygen atoms in total. The van der Waals surface area contributed by atoms with Crippen LogP contribution in [-0.2, 0) is 0 Å². The highest BCUT2D eigenvalue weighted by atomic mass is 35.5. The number of halogens is 2. The fraction of sp³-hybridized carbons (Fsp3) is 0.300. The number of nitrogens with zero attached hydrogens (tertiary/aromatic N) is 4. The van der Waals surface area contributed by atoms with Gasteiger partial charge >= 0.3 is 0 Å². The van der Waals surface area contributed by atoms with Gasteiger partial charge in [0.1, 0.15) is 5.69 Å². The third kappa shape index (κ3) is 1.79. The molecule has 0 atom stereocenters. The van der Waals surface area contributed by atoms with E-state index in [1.54, 1.807) is 10.7 Å². The predicted molar refractivity (Wildman–Crippen MR) is 61.1 cm³/mol. The summed E-state index contributed by atoms with van der Waals surface area (Å²) in [6.45, 7) is 0. The highest BCUT2D eigenvalue weighted by Gasteiger charge is 2.26. The maximum atomic E-state index is 5.94. The van der Waals surface area contributed by atoms with Crippen LogP contribution in [0.25, 0.3) is 5.69 Å². The Morgan fingerprint density at radius 1 is 1.25 bits per heavy atom. The van der Waals surface area contributed by atoms with Gasteiger partial charge in [-0.15, -0.1) is 10.2 Å². The highest BCUT2D eigenvalue weighted by molar-refractivity contribution is 6.32. The third-order valence-electron chi connectivity index (χ3n) is 2.55. The van der Waals surface area contributed by atoms with E-state index in [9.17, 15) is 0 Å².